The average molecular weight is 317 g/mol. The zero-order valence-electron chi connectivity index (χ0n) is 13.3. The molecule has 0 aliphatic heterocycles. The van der Waals surface area contributed by atoms with Crippen LogP contribution in [0.25, 0.3) is 0 Å². The number of nitrogens with one attached hydrogen (secondary N) is 2. The first kappa shape index (κ1) is 16.9. The zero-order valence-corrected chi connectivity index (χ0v) is 14.0. The molecule has 1 amide bonds. The van der Waals surface area contributed by atoms with Gasteiger partial charge in [0.05, 0.1) is 14.1 Å². The van der Waals surface area contributed by atoms with Crippen molar-refractivity contribution in [2.75, 3.05) is 33.8 Å². The molecule has 4 fully saturated rings. The number of rotatable bonds is 5. The second-order valence-electron chi connectivity index (χ2n) is 7.86. The van der Waals surface area contributed by atoms with E-state index in [1.54, 1.807) is 0 Å². The molecule has 0 aromatic carbocycles. The maximum absolute atomic E-state index is 11.8. The highest BCUT2D eigenvalue weighted by Gasteiger charge is 2.50. The van der Waals surface area contributed by atoms with Gasteiger partial charge in [0.25, 0.3) is 0 Å². The van der Waals surface area contributed by atoms with Crippen molar-refractivity contribution in [3.05, 3.63) is 0 Å². The van der Waals surface area contributed by atoms with E-state index in [0.29, 0.717) is 12.0 Å². The minimum absolute atomic E-state index is 0. The summed E-state index contributed by atoms with van der Waals surface area (Å²) in [6, 6.07) is 0. The lowest BCUT2D eigenvalue weighted by Gasteiger charge is -2.56. The summed E-state index contributed by atoms with van der Waals surface area (Å²) < 4.78 is 5.25. The molecule has 0 saturated heterocycles. The Morgan fingerprint density at radius 2 is 1.67 bits per heavy atom. The predicted molar refractivity (Wildman–Crippen MR) is 77.6 cm³/mol. The number of hydrogen-bond acceptors (Lipinski definition) is 2. The normalized spacial score (nSPS) is 36.4. The minimum Gasteiger partial charge on any atom is -1.00 e. The highest BCUT2D eigenvalue weighted by molar-refractivity contribution is 5.67. The van der Waals surface area contributed by atoms with E-state index in [0.717, 1.165) is 30.8 Å². The highest BCUT2D eigenvalue weighted by atomic mass is 35.5. The van der Waals surface area contributed by atoms with E-state index in [2.05, 4.69) is 19.4 Å². The number of ether oxygens (including phenoxy) is 1. The summed E-state index contributed by atoms with van der Waals surface area (Å²) in [5.41, 5.74) is 0.403. The fourth-order valence-electron chi connectivity index (χ4n) is 5.17. The van der Waals surface area contributed by atoms with Crippen LogP contribution in [0.5, 0.6) is 0 Å². The van der Waals surface area contributed by atoms with Crippen molar-refractivity contribution in [2.24, 2.45) is 23.2 Å². The molecule has 0 atom stereocenters. The molecule has 0 unspecified atom stereocenters. The van der Waals surface area contributed by atoms with Gasteiger partial charge in [-0.1, -0.05) is 0 Å². The number of halogens is 1. The van der Waals surface area contributed by atoms with Crippen LogP contribution in [0.4, 0.5) is 4.79 Å². The van der Waals surface area contributed by atoms with Crippen LogP contribution in [0.3, 0.4) is 0 Å². The van der Waals surface area contributed by atoms with Crippen molar-refractivity contribution in [2.45, 2.75) is 38.5 Å². The molecule has 5 heteroatoms. The monoisotopic (exact) mass is 316 g/mol. The lowest BCUT2D eigenvalue weighted by atomic mass is 9.49. The Morgan fingerprint density at radius 3 is 2.14 bits per heavy atom. The first-order valence-electron chi connectivity index (χ1n) is 8.24. The zero-order chi connectivity index (χ0) is 14.2. The van der Waals surface area contributed by atoms with Gasteiger partial charge in [0.15, 0.2) is 0 Å². The van der Waals surface area contributed by atoms with Gasteiger partial charge in [-0.25, -0.2) is 4.79 Å². The summed E-state index contributed by atoms with van der Waals surface area (Å²) in [4.78, 5) is 13.1. The van der Waals surface area contributed by atoms with E-state index in [1.165, 1.54) is 43.4 Å². The lowest BCUT2D eigenvalue weighted by Crippen LogP contribution is -3.06. The van der Waals surface area contributed by atoms with Crippen LogP contribution in [0.15, 0.2) is 0 Å². The molecule has 4 saturated carbocycles. The van der Waals surface area contributed by atoms with Crippen molar-refractivity contribution in [1.82, 2.24) is 5.32 Å². The predicted octanol–water partition coefficient (Wildman–Crippen LogP) is -1.92. The van der Waals surface area contributed by atoms with Gasteiger partial charge in [-0.15, -0.1) is 0 Å². The van der Waals surface area contributed by atoms with E-state index in [1.807, 2.05) is 0 Å². The molecular formula is C16H29ClN2O2. The maximum atomic E-state index is 11.8. The fraction of sp³-hybridized carbons (Fsp3) is 0.938. The maximum Gasteiger partial charge on any atom is 0.407 e. The van der Waals surface area contributed by atoms with Crippen molar-refractivity contribution in [1.29, 1.82) is 0 Å². The molecule has 4 nitrogen and oxygen atoms in total. The smallest absolute Gasteiger partial charge is 0.407 e. The Bertz CT molecular complexity index is 338. The van der Waals surface area contributed by atoms with E-state index in [4.69, 9.17) is 4.74 Å². The van der Waals surface area contributed by atoms with E-state index >= 15 is 0 Å². The third-order valence-electron chi connectivity index (χ3n) is 5.61. The van der Waals surface area contributed by atoms with Crippen molar-refractivity contribution in [3.63, 3.8) is 0 Å². The number of quaternary nitrogens is 1. The SMILES string of the molecule is C[NH+](C)CCOC(=O)NCC12CC3CC(CC(C3)C1)C2.[Cl-]. The summed E-state index contributed by atoms with van der Waals surface area (Å²) in [5.74, 6) is 2.82. The second kappa shape index (κ2) is 6.74. The Morgan fingerprint density at radius 1 is 1.14 bits per heavy atom. The van der Waals surface area contributed by atoms with Gasteiger partial charge < -0.3 is 27.4 Å². The number of carbonyl (C=O) groups excluding carboxylic acids is 1. The summed E-state index contributed by atoms with van der Waals surface area (Å²) in [5, 5.41) is 3.04. The Kier molecular flexibility index (Phi) is 5.42. The molecule has 4 rings (SSSR count). The van der Waals surface area contributed by atoms with Gasteiger partial charge >= 0.3 is 6.09 Å². The first-order chi connectivity index (χ1) is 9.55. The fourth-order valence-corrected chi connectivity index (χ4v) is 5.17. The van der Waals surface area contributed by atoms with Crippen molar-refractivity contribution in [3.8, 4) is 0 Å². The second-order valence-corrected chi connectivity index (χ2v) is 7.86. The van der Waals surface area contributed by atoms with Crippen LogP contribution in [0, 0.1) is 23.2 Å². The van der Waals surface area contributed by atoms with Crippen LogP contribution in [0.2, 0.25) is 0 Å². The van der Waals surface area contributed by atoms with E-state index < -0.39 is 0 Å². The summed E-state index contributed by atoms with van der Waals surface area (Å²) in [6.07, 6.45) is 8.14. The summed E-state index contributed by atoms with van der Waals surface area (Å²) in [7, 11) is 4.13. The molecule has 0 heterocycles. The first-order valence-corrected chi connectivity index (χ1v) is 8.24. The van der Waals surface area contributed by atoms with E-state index in [-0.39, 0.29) is 18.5 Å². The molecule has 0 radical (unpaired) electrons. The lowest BCUT2D eigenvalue weighted by molar-refractivity contribution is -0.858. The van der Waals surface area contributed by atoms with Crippen molar-refractivity contribution < 1.29 is 26.8 Å². The van der Waals surface area contributed by atoms with Crippen LogP contribution in [0.1, 0.15) is 38.5 Å². The van der Waals surface area contributed by atoms with Crippen LogP contribution in [-0.2, 0) is 4.74 Å². The van der Waals surface area contributed by atoms with Crippen LogP contribution < -0.4 is 22.6 Å². The molecular weight excluding hydrogens is 288 g/mol. The molecule has 0 aromatic heterocycles. The van der Waals surface area contributed by atoms with Gasteiger partial charge in [-0.05, 0) is 61.7 Å². The number of amides is 1. The van der Waals surface area contributed by atoms with Gasteiger partial charge in [-0.2, -0.15) is 0 Å². The minimum atomic E-state index is -0.220. The van der Waals surface area contributed by atoms with Gasteiger partial charge in [0.1, 0.15) is 13.2 Å². The van der Waals surface area contributed by atoms with Gasteiger partial charge in [0.2, 0.25) is 0 Å². The summed E-state index contributed by atoms with van der Waals surface area (Å²) in [6.45, 7) is 2.21. The average Bonchev–Trinajstić information content (AvgIpc) is 2.34. The molecule has 4 aliphatic carbocycles. The van der Waals surface area contributed by atoms with Crippen molar-refractivity contribution >= 4 is 6.09 Å². The van der Waals surface area contributed by atoms with Crippen LogP contribution >= 0.6 is 0 Å². The molecule has 21 heavy (non-hydrogen) atoms. The summed E-state index contributed by atoms with van der Waals surface area (Å²) >= 11 is 0. The number of likely N-dealkylation sites (N-methyl/N-ethyl adjacent to an activating group) is 1. The largest absolute Gasteiger partial charge is 1.00 e. The standard InChI is InChI=1S/C16H28N2O2.ClH/c1-18(2)3-4-20-15(19)17-11-16-8-12-5-13(9-16)7-14(6-12)10-16;/h12-14H,3-11H2,1-2H3,(H,17,19);1H. The molecule has 0 spiro atoms. The molecule has 4 bridgehead atoms. The number of carbonyl (C=O) groups is 1. The molecule has 0 aromatic rings. The molecule has 122 valence electrons. The molecule has 2 N–H and O–H groups in total. The van der Waals surface area contributed by atoms with E-state index in [9.17, 15) is 4.79 Å². The Labute approximate surface area is 134 Å². The van der Waals surface area contributed by atoms with Crippen LogP contribution in [-0.4, -0.2) is 39.9 Å². The third-order valence-corrected chi connectivity index (χ3v) is 5.61. The molecule has 4 aliphatic rings. The Balaban J connectivity index is 0.00000161. The van der Waals surface area contributed by atoms with Gasteiger partial charge in [-0.3, -0.25) is 0 Å². The third kappa shape index (κ3) is 4.04. The highest BCUT2D eigenvalue weighted by Crippen LogP contribution is 2.59. The Hall–Kier alpha value is -0.480. The van der Waals surface area contributed by atoms with Gasteiger partial charge in [0, 0.05) is 6.54 Å². The quantitative estimate of drug-likeness (QED) is 0.621. The number of alkyl carbamates (subject to hydrolysis) is 1. The number of hydrogen-bond donors (Lipinski definition) is 2. The topological polar surface area (TPSA) is 42.8 Å².